The van der Waals surface area contributed by atoms with Gasteiger partial charge in [-0.1, -0.05) is 0 Å². The van der Waals surface area contributed by atoms with Crippen LogP contribution in [0.3, 0.4) is 0 Å². The smallest absolute Gasteiger partial charge is 0.339 e. The first-order valence-corrected chi connectivity index (χ1v) is 7.38. The van der Waals surface area contributed by atoms with Gasteiger partial charge in [-0.05, 0) is 42.5 Å². The number of rotatable bonds is 5. The number of hydrogen-bond donors (Lipinski definition) is 6. The number of phenols is 1. The Kier molecular flexibility index (Phi) is 7.43. The van der Waals surface area contributed by atoms with Crippen molar-refractivity contribution in [2.75, 3.05) is 18.0 Å². The van der Waals surface area contributed by atoms with Crippen LogP contribution in [0, 0.1) is 0 Å². The molecule has 26 heavy (non-hydrogen) atoms. The number of anilines is 2. The molecule has 0 aliphatic rings. The molecular weight excluding hydrogens is 342 g/mol. The Morgan fingerprint density at radius 1 is 0.923 bits per heavy atom. The molecular formula is C17H19N3O6. The van der Waals surface area contributed by atoms with Crippen LogP contribution in [0.1, 0.15) is 27.1 Å². The molecule has 9 heteroatoms. The maximum Gasteiger partial charge on any atom is 0.339 e. The lowest BCUT2D eigenvalue weighted by atomic mass is 10.2. The molecule has 2 aromatic carbocycles. The van der Waals surface area contributed by atoms with E-state index in [0.717, 1.165) is 0 Å². The summed E-state index contributed by atoms with van der Waals surface area (Å²) in [6.45, 7) is 0.124. The van der Waals surface area contributed by atoms with E-state index < -0.39 is 11.9 Å². The van der Waals surface area contributed by atoms with Crippen LogP contribution in [0.25, 0.3) is 0 Å². The Labute approximate surface area is 148 Å². The topological polar surface area (TPSA) is 176 Å². The van der Waals surface area contributed by atoms with E-state index in [9.17, 15) is 14.4 Å². The van der Waals surface area contributed by atoms with E-state index in [1.807, 2.05) is 0 Å². The molecule has 0 heterocycles. The summed E-state index contributed by atoms with van der Waals surface area (Å²) in [5, 5.41) is 28.3. The first-order chi connectivity index (χ1) is 12.2. The molecule has 8 N–H and O–H groups in total. The van der Waals surface area contributed by atoms with Crippen molar-refractivity contribution < 1.29 is 29.7 Å². The molecule has 0 bridgehead atoms. The van der Waals surface area contributed by atoms with Crippen LogP contribution >= 0.6 is 0 Å². The zero-order valence-corrected chi connectivity index (χ0v) is 13.7. The molecule has 0 aliphatic heterocycles. The second-order valence-corrected chi connectivity index (χ2v) is 5.10. The Hall–Kier alpha value is -3.75. The third kappa shape index (κ3) is 6.79. The summed E-state index contributed by atoms with van der Waals surface area (Å²) in [4.78, 5) is 31.9. The van der Waals surface area contributed by atoms with Gasteiger partial charge < -0.3 is 32.1 Å². The average molecular weight is 361 g/mol. The number of carbonyl (C=O) groups excluding carboxylic acids is 1. The van der Waals surface area contributed by atoms with Crippen molar-refractivity contribution in [2.24, 2.45) is 0 Å². The number of carboxylic acids is 2. The van der Waals surface area contributed by atoms with Gasteiger partial charge in [-0.2, -0.15) is 0 Å². The second kappa shape index (κ2) is 9.52. The number of nitrogens with one attached hydrogen (secondary N) is 1. The lowest BCUT2D eigenvalue weighted by Gasteiger charge is -2.03. The Balaban J connectivity index is 0.000000273. The van der Waals surface area contributed by atoms with Crippen LogP contribution in [0.15, 0.2) is 42.5 Å². The fourth-order valence-electron chi connectivity index (χ4n) is 1.74. The molecule has 9 nitrogen and oxygen atoms in total. The van der Waals surface area contributed by atoms with E-state index in [1.54, 1.807) is 24.3 Å². The van der Waals surface area contributed by atoms with Gasteiger partial charge in [-0.25, -0.2) is 4.79 Å². The van der Waals surface area contributed by atoms with Crippen molar-refractivity contribution in [1.29, 1.82) is 0 Å². The normalized spacial score (nSPS) is 9.54. The zero-order chi connectivity index (χ0) is 19.7. The van der Waals surface area contributed by atoms with Crippen molar-refractivity contribution >= 4 is 29.2 Å². The number of carbonyl (C=O) groups is 3. The minimum absolute atomic E-state index is 0.0826. The van der Waals surface area contributed by atoms with E-state index in [1.165, 1.54) is 18.2 Å². The molecule has 0 aliphatic carbocycles. The van der Waals surface area contributed by atoms with Crippen LogP contribution in [0.2, 0.25) is 0 Å². The molecule has 0 atom stereocenters. The minimum atomic E-state index is -1.19. The molecule has 0 radical (unpaired) electrons. The molecule has 0 aromatic heterocycles. The first-order valence-electron chi connectivity index (χ1n) is 7.38. The lowest BCUT2D eigenvalue weighted by Crippen LogP contribution is -2.25. The molecule has 0 saturated carbocycles. The molecule has 0 fully saturated rings. The largest absolute Gasteiger partial charge is 0.507 e. The van der Waals surface area contributed by atoms with E-state index in [4.69, 9.17) is 26.8 Å². The Morgan fingerprint density at radius 3 is 2.00 bits per heavy atom. The first kappa shape index (κ1) is 20.3. The Bertz CT molecular complexity index is 790. The van der Waals surface area contributed by atoms with Crippen molar-refractivity contribution in [3.05, 3.63) is 53.6 Å². The van der Waals surface area contributed by atoms with Crippen molar-refractivity contribution in [1.82, 2.24) is 5.32 Å². The predicted octanol–water partition coefficient (Wildman–Crippen LogP) is 1.15. The van der Waals surface area contributed by atoms with Crippen LogP contribution in [-0.2, 0) is 4.79 Å². The van der Waals surface area contributed by atoms with Crippen LogP contribution in [0.4, 0.5) is 11.4 Å². The number of aromatic hydroxyl groups is 1. The van der Waals surface area contributed by atoms with Crippen LogP contribution in [0.5, 0.6) is 5.75 Å². The van der Waals surface area contributed by atoms with Gasteiger partial charge in [0.1, 0.15) is 11.3 Å². The number of amides is 1. The second-order valence-electron chi connectivity index (χ2n) is 5.10. The fourth-order valence-corrected chi connectivity index (χ4v) is 1.74. The highest BCUT2D eigenvalue weighted by atomic mass is 16.4. The summed E-state index contributed by atoms with van der Waals surface area (Å²) in [7, 11) is 0. The van der Waals surface area contributed by atoms with Gasteiger partial charge >= 0.3 is 11.9 Å². The van der Waals surface area contributed by atoms with Gasteiger partial charge in [-0.3, -0.25) is 9.59 Å². The molecule has 2 aromatic rings. The highest BCUT2D eigenvalue weighted by Crippen LogP contribution is 2.19. The minimum Gasteiger partial charge on any atom is -0.507 e. The van der Waals surface area contributed by atoms with Crippen LogP contribution < -0.4 is 16.8 Å². The van der Waals surface area contributed by atoms with Gasteiger partial charge in [0.05, 0.1) is 6.42 Å². The fraction of sp³-hybridized carbons (Fsp3) is 0.118. The van der Waals surface area contributed by atoms with Crippen LogP contribution in [-0.4, -0.2) is 39.7 Å². The third-order valence-corrected chi connectivity index (χ3v) is 3.05. The number of nitrogens with two attached hydrogens (primary N) is 2. The molecule has 1 amide bonds. The molecule has 0 spiro atoms. The zero-order valence-electron chi connectivity index (χ0n) is 13.7. The van der Waals surface area contributed by atoms with E-state index >= 15 is 0 Å². The van der Waals surface area contributed by atoms with Gasteiger partial charge in [0.15, 0.2) is 0 Å². The number of carboxylic acid groups (broad SMARTS) is 2. The summed E-state index contributed by atoms with van der Waals surface area (Å²) in [5.74, 6) is -2.69. The molecule has 138 valence electrons. The predicted molar refractivity (Wildman–Crippen MR) is 94.9 cm³/mol. The monoisotopic (exact) mass is 361 g/mol. The standard InChI is InChI=1S/C10H12N2O3.C7H7NO3/c11-8-3-1-7(2-4-8)10(15)12-6-5-9(13)14;8-4-1-2-6(9)5(3-4)7(10)11/h1-4H,5-6,11H2,(H,12,15)(H,13,14);1-3,9H,8H2,(H,10,11). The van der Waals surface area contributed by atoms with Gasteiger partial charge in [-0.15, -0.1) is 0 Å². The lowest BCUT2D eigenvalue weighted by molar-refractivity contribution is -0.136. The van der Waals surface area contributed by atoms with Gasteiger partial charge in [0.25, 0.3) is 5.91 Å². The van der Waals surface area contributed by atoms with Crippen molar-refractivity contribution in [3.63, 3.8) is 0 Å². The van der Waals surface area contributed by atoms with Crippen molar-refractivity contribution in [3.8, 4) is 5.75 Å². The molecule has 2 rings (SSSR count). The number of nitrogen functional groups attached to an aromatic ring is 2. The maximum absolute atomic E-state index is 11.4. The number of benzene rings is 2. The van der Waals surface area contributed by atoms with Crippen molar-refractivity contribution in [2.45, 2.75) is 6.42 Å². The number of aliphatic carboxylic acids is 1. The third-order valence-electron chi connectivity index (χ3n) is 3.05. The van der Waals surface area contributed by atoms with Gasteiger partial charge in [0, 0.05) is 23.5 Å². The molecule has 0 saturated heterocycles. The van der Waals surface area contributed by atoms with E-state index in [0.29, 0.717) is 16.9 Å². The van der Waals surface area contributed by atoms with Gasteiger partial charge in [0.2, 0.25) is 0 Å². The summed E-state index contributed by atoms with van der Waals surface area (Å²) in [5.41, 5.74) is 11.9. The van der Waals surface area contributed by atoms with E-state index in [2.05, 4.69) is 5.32 Å². The number of aromatic carboxylic acids is 1. The molecule has 0 unspecified atom stereocenters. The highest BCUT2D eigenvalue weighted by molar-refractivity contribution is 5.94. The summed E-state index contributed by atoms with van der Waals surface area (Å²) in [6.07, 6.45) is -0.0826. The quantitative estimate of drug-likeness (QED) is 0.339. The summed E-state index contributed by atoms with van der Waals surface area (Å²) < 4.78 is 0. The SMILES string of the molecule is Nc1ccc(C(=O)NCCC(=O)O)cc1.Nc1ccc(O)c(C(=O)O)c1. The van der Waals surface area contributed by atoms with E-state index in [-0.39, 0.29) is 30.2 Å². The Morgan fingerprint density at radius 2 is 1.50 bits per heavy atom. The number of hydrogen-bond acceptors (Lipinski definition) is 6. The maximum atomic E-state index is 11.4. The summed E-state index contributed by atoms with van der Waals surface area (Å²) in [6, 6.07) is 10.3. The summed E-state index contributed by atoms with van der Waals surface area (Å²) >= 11 is 0. The average Bonchev–Trinajstić information content (AvgIpc) is 2.57. The highest BCUT2D eigenvalue weighted by Gasteiger charge is 2.08.